The molecule has 1 saturated heterocycles. The first-order chi connectivity index (χ1) is 12.0. The molecule has 0 aromatic heterocycles. The molecule has 0 bridgehead atoms. The topological polar surface area (TPSA) is 49.8 Å². The Balaban J connectivity index is 1.66. The Morgan fingerprint density at radius 3 is 2.92 bits per heavy atom. The van der Waals surface area contributed by atoms with Gasteiger partial charge in [0.1, 0.15) is 11.6 Å². The van der Waals surface area contributed by atoms with Gasteiger partial charge in [-0.15, -0.1) is 0 Å². The normalized spacial score (nSPS) is 24.4. The van der Waals surface area contributed by atoms with Crippen molar-refractivity contribution in [3.63, 3.8) is 0 Å². The molecule has 0 unspecified atom stereocenters. The summed E-state index contributed by atoms with van der Waals surface area (Å²) in [6, 6.07) is 11.8. The van der Waals surface area contributed by atoms with Crippen molar-refractivity contribution in [3.8, 4) is 5.75 Å². The van der Waals surface area contributed by atoms with E-state index < -0.39 is 11.2 Å². The molecule has 6 heteroatoms. The van der Waals surface area contributed by atoms with Gasteiger partial charge in [0, 0.05) is 24.6 Å². The van der Waals surface area contributed by atoms with Crippen LogP contribution in [0.3, 0.4) is 0 Å². The molecular weight excluding hydrogens is 345 g/mol. The molecule has 4 rings (SSSR count). The molecule has 0 aliphatic carbocycles. The highest BCUT2D eigenvalue weighted by Crippen LogP contribution is 2.49. The molecule has 2 aliphatic rings. The number of hydrogen-bond acceptors (Lipinski definition) is 3. The first-order valence-electron chi connectivity index (χ1n) is 8.11. The van der Waals surface area contributed by atoms with E-state index in [0.29, 0.717) is 19.7 Å². The molecule has 0 saturated carbocycles. The lowest BCUT2D eigenvalue weighted by atomic mass is 9.74. The molecule has 2 aliphatic heterocycles. The van der Waals surface area contributed by atoms with Crippen LogP contribution < -0.4 is 4.74 Å². The Labute approximate surface area is 149 Å². The van der Waals surface area contributed by atoms with Crippen LogP contribution in [0.1, 0.15) is 21.8 Å². The maximum absolute atomic E-state index is 13.7. The van der Waals surface area contributed by atoms with Gasteiger partial charge in [0.05, 0.1) is 23.7 Å². The quantitative estimate of drug-likeness (QED) is 0.894. The third-order valence-corrected chi connectivity index (χ3v) is 5.53. The summed E-state index contributed by atoms with van der Waals surface area (Å²) in [4.78, 5) is 14.5. The average molecular weight is 362 g/mol. The van der Waals surface area contributed by atoms with Gasteiger partial charge in [0.25, 0.3) is 5.91 Å². The second kappa shape index (κ2) is 6.00. The van der Waals surface area contributed by atoms with Crippen LogP contribution in [0.25, 0.3) is 0 Å². The lowest BCUT2D eigenvalue weighted by Gasteiger charge is -2.37. The number of amides is 1. The van der Waals surface area contributed by atoms with E-state index in [4.69, 9.17) is 16.3 Å². The van der Waals surface area contributed by atoms with Crippen LogP contribution >= 0.6 is 11.6 Å². The fraction of sp³-hybridized carbons (Fsp3) is 0.316. The van der Waals surface area contributed by atoms with Crippen LogP contribution in [0.5, 0.6) is 5.75 Å². The van der Waals surface area contributed by atoms with E-state index in [1.54, 1.807) is 4.90 Å². The molecule has 1 N–H and O–H groups in total. The van der Waals surface area contributed by atoms with Gasteiger partial charge in [-0.3, -0.25) is 4.79 Å². The Bertz CT molecular complexity index is 843. The number of rotatable bonds is 2. The first kappa shape index (κ1) is 16.4. The predicted octanol–water partition coefficient (Wildman–Crippen LogP) is 3.09. The molecule has 2 heterocycles. The summed E-state index contributed by atoms with van der Waals surface area (Å²) in [5, 5.41) is 10.0. The summed E-state index contributed by atoms with van der Waals surface area (Å²) < 4.78 is 19.5. The number of benzene rings is 2. The van der Waals surface area contributed by atoms with E-state index in [1.165, 1.54) is 12.1 Å². The fourth-order valence-electron chi connectivity index (χ4n) is 3.84. The summed E-state index contributed by atoms with van der Waals surface area (Å²) in [7, 11) is 0. The van der Waals surface area contributed by atoms with Gasteiger partial charge in [-0.05, 0) is 29.8 Å². The molecular formula is C19H17ClFNO3. The summed E-state index contributed by atoms with van der Waals surface area (Å²) in [5.74, 6) is -0.100. The number of carbonyl (C=O) groups is 1. The maximum Gasteiger partial charge on any atom is 0.254 e. The molecule has 2 aromatic rings. The number of para-hydroxylation sites is 1. The van der Waals surface area contributed by atoms with E-state index in [-0.39, 0.29) is 29.0 Å². The molecule has 4 nitrogen and oxygen atoms in total. The number of aliphatic hydroxyl groups excluding tert-OH is 1. The lowest BCUT2D eigenvalue weighted by Crippen LogP contribution is -2.42. The van der Waals surface area contributed by atoms with Gasteiger partial charge in [-0.25, -0.2) is 4.39 Å². The predicted molar refractivity (Wildman–Crippen MR) is 91.5 cm³/mol. The van der Waals surface area contributed by atoms with E-state index in [1.807, 2.05) is 24.3 Å². The second-order valence-corrected chi connectivity index (χ2v) is 7.12. The van der Waals surface area contributed by atoms with Crippen LogP contribution in [0.4, 0.5) is 4.39 Å². The van der Waals surface area contributed by atoms with E-state index in [0.717, 1.165) is 17.4 Å². The van der Waals surface area contributed by atoms with Crippen molar-refractivity contribution < 1.29 is 19.0 Å². The average Bonchev–Trinajstić information content (AvgIpc) is 3.04. The van der Waals surface area contributed by atoms with Crippen molar-refractivity contribution in [3.05, 3.63) is 64.4 Å². The van der Waals surface area contributed by atoms with Crippen molar-refractivity contribution in [1.82, 2.24) is 4.90 Å². The number of fused-ring (bicyclic) bond motifs is 3. The van der Waals surface area contributed by atoms with Crippen LogP contribution in [0, 0.1) is 11.2 Å². The van der Waals surface area contributed by atoms with Gasteiger partial charge in [-0.1, -0.05) is 29.8 Å². The van der Waals surface area contributed by atoms with E-state index in [2.05, 4.69) is 0 Å². The lowest BCUT2D eigenvalue weighted by molar-refractivity contribution is 0.0440. The number of hydrogen-bond donors (Lipinski definition) is 1. The standard InChI is InChI=1S/C19H17ClFNO3/c20-15-6-5-12(7-16(15)21)18(24)22-8-14-13-3-1-2-4-17(13)25-11-19(14,9-22)10-23/h1-7,14,23H,8-11H2/t14-,19-/m1/s1. The molecule has 1 amide bonds. The third kappa shape index (κ3) is 2.58. The van der Waals surface area contributed by atoms with Crippen molar-refractivity contribution in [2.24, 2.45) is 5.41 Å². The summed E-state index contributed by atoms with van der Waals surface area (Å²) in [5.41, 5.74) is 0.720. The molecule has 25 heavy (non-hydrogen) atoms. The Kier molecular flexibility index (Phi) is 3.93. The largest absolute Gasteiger partial charge is 0.493 e. The van der Waals surface area contributed by atoms with Crippen molar-refractivity contribution in [2.75, 3.05) is 26.3 Å². The second-order valence-electron chi connectivity index (χ2n) is 6.71. The van der Waals surface area contributed by atoms with Crippen LogP contribution in [-0.4, -0.2) is 42.2 Å². The number of likely N-dealkylation sites (tertiary alicyclic amines) is 1. The van der Waals surface area contributed by atoms with E-state index in [9.17, 15) is 14.3 Å². The SMILES string of the molecule is O=C(c1ccc(Cl)c(F)c1)N1C[C@@H]2c3ccccc3OC[C@]2(CO)C1. The Morgan fingerprint density at radius 1 is 1.36 bits per heavy atom. The zero-order valence-corrected chi connectivity index (χ0v) is 14.2. The number of ether oxygens (including phenoxy) is 1. The van der Waals surface area contributed by atoms with Gasteiger partial charge < -0.3 is 14.7 Å². The van der Waals surface area contributed by atoms with Crippen LogP contribution in [0.2, 0.25) is 5.02 Å². The highest BCUT2D eigenvalue weighted by molar-refractivity contribution is 6.30. The van der Waals surface area contributed by atoms with Gasteiger partial charge in [-0.2, -0.15) is 0 Å². The maximum atomic E-state index is 13.7. The van der Waals surface area contributed by atoms with E-state index >= 15 is 0 Å². The van der Waals surface area contributed by atoms with Gasteiger partial charge in [0.15, 0.2) is 0 Å². The number of carbonyl (C=O) groups excluding carboxylic acids is 1. The zero-order valence-electron chi connectivity index (χ0n) is 13.4. The number of aliphatic hydroxyl groups is 1. The summed E-state index contributed by atoms with van der Waals surface area (Å²) in [6.07, 6.45) is 0. The van der Waals surface area contributed by atoms with Crippen LogP contribution in [-0.2, 0) is 0 Å². The number of nitrogens with zero attached hydrogens (tertiary/aromatic N) is 1. The Hall–Kier alpha value is -2.11. The van der Waals surface area contributed by atoms with Gasteiger partial charge >= 0.3 is 0 Å². The molecule has 1 fully saturated rings. The van der Waals surface area contributed by atoms with Crippen LogP contribution in [0.15, 0.2) is 42.5 Å². The van der Waals surface area contributed by atoms with Gasteiger partial charge in [0.2, 0.25) is 0 Å². The van der Waals surface area contributed by atoms with Crippen molar-refractivity contribution in [2.45, 2.75) is 5.92 Å². The zero-order chi connectivity index (χ0) is 17.6. The summed E-state index contributed by atoms with van der Waals surface area (Å²) in [6.45, 7) is 1.10. The molecule has 130 valence electrons. The Morgan fingerprint density at radius 2 is 2.16 bits per heavy atom. The minimum Gasteiger partial charge on any atom is -0.493 e. The molecule has 0 spiro atoms. The monoisotopic (exact) mass is 361 g/mol. The highest BCUT2D eigenvalue weighted by atomic mass is 35.5. The minimum absolute atomic E-state index is 0.0106. The first-order valence-corrected chi connectivity index (χ1v) is 8.49. The molecule has 2 atom stereocenters. The van der Waals surface area contributed by atoms with Crippen molar-refractivity contribution >= 4 is 17.5 Å². The fourth-order valence-corrected chi connectivity index (χ4v) is 3.95. The third-order valence-electron chi connectivity index (χ3n) is 5.23. The summed E-state index contributed by atoms with van der Waals surface area (Å²) >= 11 is 5.70. The van der Waals surface area contributed by atoms with Crippen molar-refractivity contribution in [1.29, 1.82) is 0 Å². The number of halogens is 2. The molecule has 2 aromatic carbocycles. The molecule has 0 radical (unpaired) electrons. The highest BCUT2D eigenvalue weighted by Gasteiger charge is 2.52. The smallest absolute Gasteiger partial charge is 0.254 e. The minimum atomic E-state index is -0.616.